The average Bonchev–Trinajstić information content (AvgIpc) is 3.09. The van der Waals surface area contributed by atoms with Gasteiger partial charge in [-0.1, -0.05) is 13.8 Å². The second-order valence-corrected chi connectivity index (χ2v) is 10.1. The summed E-state index contributed by atoms with van der Waals surface area (Å²) < 4.78 is 40.0. The Morgan fingerprint density at radius 3 is 2.58 bits per heavy atom. The molecular formula is C20H33N4O11P. The van der Waals surface area contributed by atoms with Crippen molar-refractivity contribution >= 4 is 25.5 Å². The lowest BCUT2D eigenvalue weighted by Gasteiger charge is -2.26. The summed E-state index contributed by atoms with van der Waals surface area (Å²) in [6.07, 6.45) is -4.33. The Labute approximate surface area is 207 Å². The molecule has 0 bridgehead atoms. The first-order chi connectivity index (χ1) is 16.9. The molecular weight excluding hydrogens is 503 g/mol. The average molecular weight is 536 g/mol. The van der Waals surface area contributed by atoms with Crippen LogP contribution in [-0.4, -0.2) is 83.0 Å². The van der Waals surface area contributed by atoms with Gasteiger partial charge >= 0.3 is 25.4 Å². The summed E-state index contributed by atoms with van der Waals surface area (Å²) in [5, 5.41) is 23.3. The minimum atomic E-state index is -4.40. The third-order valence-electron chi connectivity index (χ3n) is 5.04. The number of hydrogen-bond acceptors (Lipinski definition) is 13. The van der Waals surface area contributed by atoms with Crippen molar-refractivity contribution in [2.45, 2.75) is 57.8 Å². The van der Waals surface area contributed by atoms with Crippen molar-refractivity contribution in [2.24, 2.45) is 5.92 Å². The molecule has 15 nitrogen and oxygen atoms in total. The summed E-state index contributed by atoms with van der Waals surface area (Å²) >= 11 is 0. The molecule has 204 valence electrons. The number of aliphatic hydroxyl groups is 2. The molecule has 36 heavy (non-hydrogen) atoms. The number of hydrogen-bond donors (Lipinski definition) is 4. The largest absolute Gasteiger partial charge is 0.467 e. The highest BCUT2D eigenvalue weighted by Gasteiger charge is 2.46. The molecule has 1 aliphatic rings. The predicted octanol–water partition coefficient (Wildman–Crippen LogP) is -0.674. The number of anilines is 1. The van der Waals surface area contributed by atoms with Crippen molar-refractivity contribution < 1.29 is 47.6 Å². The number of carbonyl (C=O) groups is 2. The van der Waals surface area contributed by atoms with Crippen LogP contribution in [0.1, 0.15) is 33.4 Å². The zero-order chi connectivity index (χ0) is 27.0. The minimum Gasteiger partial charge on any atom is -0.467 e. The fraction of sp³-hybridized carbons (Fsp3) is 0.700. The van der Waals surface area contributed by atoms with E-state index in [4.69, 9.17) is 24.3 Å². The molecule has 2 heterocycles. The second-order valence-electron chi connectivity index (χ2n) is 8.29. The fourth-order valence-electron chi connectivity index (χ4n) is 3.30. The molecule has 2 rings (SSSR count). The van der Waals surface area contributed by atoms with Crippen molar-refractivity contribution in [1.29, 1.82) is 0 Å². The van der Waals surface area contributed by atoms with E-state index in [0.29, 0.717) is 0 Å². The molecule has 1 aromatic heterocycles. The van der Waals surface area contributed by atoms with Crippen LogP contribution in [0, 0.1) is 5.92 Å². The number of aromatic nitrogens is 2. The van der Waals surface area contributed by atoms with Gasteiger partial charge in [-0.15, -0.1) is 0 Å². The molecule has 16 heteroatoms. The third-order valence-corrected chi connectivity index (χ3v) is 6.63. The summed E-state index contributed by atoms with van der Waals surface area (Å²) in [5.74, 6) is -1.64. The standard InChI is InChI=1S/C20H33N4O11P/c1-5-32-19(28)12(8-11(2)3)23-36(30,34-10-15(25)31-4)33-9-13-16(26)17(27)18(35-13)24-7-6-14(21)22-20(24)29/h6-7,11-13,16-18,26-27H,5,8-10H2,1-4H3,(H,23,30)(H2,21,22,29)/t12-,13+,16-,17?,18+,36?/m0/s1. The van der Waals surface area contributed by atoms with Crippen LogP contribution < -0.4 is 16.5 Å². The Morgan fingerprint density at radius 1 is 1.31 bits per heavy atom. The Morgan fingerprint density at radius 2 is 2.00 bits per heavy atom. The molecule has 0 amide bonds. The number of nitrogens with zero attached hydrogens (tertiary/aromatic N) is 2. The molecule has 0 spiro atoms. The van der Waals surface area contributed by atoms with E-state index in [-0.39, 0.29) is 24.8 Å². The van der Waals surface area contributed by atoms with E-state index in [1.54, 1.807) is 6.92 Å². The van der Waals surface area contributed by atoms with Crippen molar-refractivity contribution in [3.63, 3.8) is 0 Å². The number of nitrogens with two attached hydrogens (primary N) is 1. The molecule has 0 aromatic carbocycles. The van der Waals surface area contributed by atoms with E-state index in [1.165, 1.54) is 12.3 Å². The van der Waals surface area contributed by atoms with Gasteiger partial charge in [-0.25, -0.2) is 19.2 Å². The Bertz CT molecular complexity index is 1000. The van der Waals surface area contributed by atoms with Crippen LogP contribution in [0.2, 0.25) is 0 Å². The minimum absolute atomic E-state index is 0.0244. The highest BCUT2D eigenvalue weighted by Crippen LogP contribution is 2.46. The van der Waals surface area contributed by atoms with Gasteiger partial charge in [0.2, 0.25) is 0 Å². The highest BCUT2D eigenvalue weighted by atomic mass is 31.2. The molecule has 1 aliphatic heterocycles. The van der Waals surface area contributed by atoms with Gasteiger partial charge in [0.15, 0.2) is 12.8 Å². The van der Waals surface area contributed by atoms with E-state index < -0.39 is 69.2 Å². The van der Waals surface area contributed by atoms with Crippen LogP contribution >= 0.6 is 7.75 Å². The maximum atomic E-state index is 13.5. The SMILES string of the molecule is CCOC(=O)[C@H](CC(C)C)NP(=O)(OCC(=O)OC)OC[C@H]1O[C@@H](n2ccc(N)nc2=O)C(O)[C@H]1O. The number of methoxy groups -OCH3 is 1. The Kier molecular flexibility index (Phi) is 11.0. The Balaban J connectivity index is 2.20. The van der Waals surface area contributed by atoms with E-state index in [1.807, 2.05) is 13.8 Å². The summed E-state index contributed by atoms with van der Waals surface area (Å²) in [4.78, 5) is 39.6. The third kappa shape index (κ3) is 8.06. The van der Waals surface area contributed by atoms with Crippen LogP contribution in [0.15, 0.2) is 17.1 Å². The smallest absolute Gasteiger partial charge is 0.406 e. The van der Waals surface area contributed by atoms with Gasteiger partial charge in [-0.2, -0.15) is 4.98 Å². The number of nitrogens with one attached hydrogen (secondary N) is 1. The monoisotopic (exact) mass is 536 g/mol. The number of carbonyl (C=O) groups excluding carboxylic acids is 2. The lowest BCUT2D eigenvalue weighted by atomic mass is 10.1. The van der Waals surface area contributed by atoms with Crippen LogP contribution in [0.4, 0.5) is 5.82 Å². The summed E-state index contributed by atoms with van der Waals surface area (Å²) in [7, 11) is -3.30. The van der Waals surface area contributed by atoms with Gasteiger partial charge in [0.05, 0.1) is 20.3 Å². The van der Waals surface area contributed by atoms with E-state index in [0.717, 1.165) is 11.7 Å². The normalized spacial score (nSPS) is 24.3. The molecule has 1 fully saturated rings. The summed E-state index contributed by atoms with van der Waals surface area (Å²) in [6.45, 7) is 3.94. The first-order valence-electron chi connectivity index (χ1n) is 11.2. The van der Waals surface area contributed by atoms with Crippen LogP contribution in [0.5, 0.6) is 0 Å². The van der Waals surface area contributed by atoms with Crippen molar-refractivity contribution in [1.82, 2.24) is 14.6 Å². The first kappa shape index (κ1) is 29.8. The number of rotatable bonds is 13. The van der Waals surface area contributed by atoms with Crippen molar-refractivity contribution in [3.8, 4) is 0 Å². The molecule has 0 saturated carbocycles. The second kappa shape index (κ2) is 13.2. The van der Waals surface area contributed by atoms with E-state index in [2.05, 4.69) is 14.8 Å². The van der Waals surface area contributed by atoms with Crippen LogP contribution in [-0.2, 0) is 37.4 Å². The van der Waals surface area contributed by atoms with Gasteiger partial charge in [0.25, 0.3) is 0 Å². The zero-order valence-corrected chi connectivity index (χ0v) is 21.3. The quantitative estimate of drug-likeness (QED) is 0.182. The maximum Gasteiger partial charge on any atom is 0.406 e. The molecule has 5 N–H and O–H groups in total. The van der Waals surface area contributed by atoms with Gasteiger partial charge in [-0.3, -0.25) is 18.4 Å². The number of nitrogen functional groups attached to an aromatic ring is 1. The molecule has 1 aromatic rings. The van der Waals surface area contributed by atoms with Crippen molar-refractivity contribution in [2.75, 3.05) is 32.7 Å². The van der Waals surface area contributed by atoms with E-state index >= 15 is 0 Å². The summed E-state index contributed by atoms with van der Waals surface area (Å²) in [6, 6.07) is 0.192. The molecule has 6 atom stereocenters. The Hall–Kier alpha value is -2.39. The number of esters is 2. The maximum absolute atomic E-state index is 13.5. The molecule has 2 unspecified atom stereocenters. The predicted molar refractivity (Wildman–Crippen MR) is 123 cm³/mol. The summed E-state index contributed by atoms with van der Waals surface area (Å²) in [5.41, 5.74) is 4.64. The number of ether oxygens (including phenoxy) is 3. The first-order valence-corrected chi connectivity index (χ1v) is 12.7. The fourth-order valence-corrected chi connectivity index (χ4v) is 4.74. The van der Waals surface area contributed by atoms with Crippen LogP contribution in [0.3, 0.4) is 0 Å². The van der Waals surface area contributed by atoms with E-state index in [9.17, 15) is 29.2 Å². The zero-order valence-electron chi connectivity index (χ0n) is 20.4. The van der Waals surface area contributed by atoms with Gasteiger partial charge in [0.1, 0.15) is 30.2 Å². The van der Waals surface area contributed by atoms with Crippen molar-refractivity contribution in [3.05, 3.63) is 22.7 Å². The lowest BCUT2D eigenvalue weighted by molar-refractivity contribution is -0.145. The van der Waals surface area contributed by atoms with Crippen LogP contribution in [0.25, 0.3) is 0 Å². The lowest BCUT2D eigenvalue weighted by Crippen LogP contribution is -2.39. The van der Waals surface area contributed by atoms with Gasteiger partial charge in [-0.05, 0) is 25.3 Å². The molecule has 0 aliphatic carbocycles. The molecule has 1 saturated heterocycles. The highest BCUT2D eigenvalue weighted by molar-refractivity contribution is 7.51. The topological polar surface area (TPSA) is 211 Å². The van der Waals surface area contributed by atoms with Gasteiger partial charge in [0, 0.05) is 6.20 Å². The van der Waals surface area contributed by atoms with Gasteiger partial charge < -0.3 is 30.2 Å². The molecule has 0 radical (unpaired) electrons. The number of aliphatic hydroxyl groups excluding tert-OH is 2.